The number of benzene rings is 4. The molecule has 4 aromatic carbocycles. The molecule has 1 heterocycles. The van der Waals surface area contributed by atoms with Crippen molar-refractivity contribution in [2.75, 3.05) is 13.2 Å². The van der Waals surface area contributed by atoms with Crippen LogP contribution in [0.1, 0.15) is 35.6 Å². The van der Waals surface area contributed by atoms with Crippen molar-refractivity contribution in [3.05, 3.63) is 138 Å². The third kappa shape index (κ3) is 6.65. The van der Waals surface area contributed by atoms with E-state index in [1.54, 1.807) is 30.3 Å². The molecule has 4 aromatic rings. The minimum atomic E-state index is -1.47. The summed E-state index contributed by atoms with van der Waals surface area (Å²) in [6.07, 6.45) is 1.41. The van der Waals surface area contributed by atoms with Crippen LogP contribution in [0.25, 0.3) is 11.1 Å². The fourth-order valence-corrected chi connectivity index (χ4v) is 5.02. The Morgan fingerprint density at radius 2 is 1.67 bits per heavy atom. The van der Waals surface area contributed by atoms with Gasteiger partial charge in [0.15, 0.2) is 11.6 Å². The van der Waals surface area contributed by atoms with Crippen molar-refractivity contribution >= 4 is 11.8 Å². The molecule has 0 radical (unpaired) electrons. The van der Waals surface area contributed by atoms with E-state index in [-0.39, 0.29) is 31.0 Å². The number of ether oxygens (including phenoxy) is 2. The molecule has 2 N–H and O–H groups in total. The van der Waals surface area contributed by atoms with Gasteiger partial charge in [-0.15, -0.1) is 6.58 Å². The van der Waals surface area contributed by atoms with Crippen LogP contribution in [0.4, 0.5) is 8.78 Å². The summed E-state index contributed by atoms with van der Waals surface area (Å²) < 4.78 is 40.2. The summed E-state index contributed by atoms with van der Waals surface area (Å²) in [6, 6.07) is 27.9. The fourth-order valence-electron chi connectivity index (χ4n) is 5.02. The molecule has 6 nitrogen and oxygen atoms in total. The van der Waals surface area contributed by atoms with Crippen molar-refractivity contribution in [1.29, 1.82) is 0 Å². The third-order valence-corrected chi connectivity index (χ3v) is 7.25. The highest BCUT2D eigenvalue weighted by molar-refractivity contribution is 6.01. The van der Waals surface area contributed by atoms with E-state index in [0.29, 0.717) is 24.3 Å². The normalized spacial score (nSPS) is 17.6. The van der Waals surface area contributed by atoms with Gasteiger partial charge in [-0.3, -0.25) is 4.79 Å². The van der Waals surface area contributed by atoms with Crippen molar-refractivity contribution in [3.8, 4) is 16.9 Å². The zero-order valence-corrected chi connectivity index (χ0v) is 23.5. The molecule has 8 heteroatoms. The number of halogens is 2. The molecule has 5 rings (SSSR count). The molecule has 0 saturated heterocycles. The number of nitrogens with one attached hydrogen (secondary N) is 1. The van der Waals surface area contributed by atoms with Crippen LogP contribution < -0.4 is 10.1 Å². The second kappa shape index (κ2) is 13.4. The fraction of sp³-hybridized carbons (Fsp3) is 0.200. The number of hydrogen-bond acceptors (Lipinski definition) is 5. The maximum atomic E-state index is 14.4. The quantitative estimate of drug-likeness (QED) is 0.147. The smallest absolute Gasteiger partial charge is 0.252 e. The molecule has 2 atom stereocenters. The van der Waals surface area contributed by atoms with Gasteiger partial charge in [-0.2, -0.15) is 0 Å². The number of aliphatic hydroxyl groups is 1. The molecule has 1 aliphatic rings. The summed E-state index contributed by atoms with van der Waals surface area (Å²) in [7, 11) is 0. The van der Waals surface area contributed by atoms with Crippen molar-refractivity contribution in [1.82, 2.24) is 5.32 Å². The molecule has 220 valence electrons. The summed E-state index contributed by atoms with van der Waals surface area (Å²) >= 11 is 0. The van der Waals surface area contributed by atoms with E-state index < -0.39 is 29.2 Å². The zero-order chi connectivity index (χ0) is 30.2. The molecule has 43 heavy (non-hydrogen) atoms. The van der Waals surface area contributed by atoms with Crippen LogP contribution in [-0.2, 0) is 16.1 Å². The van der Waals surface area contributed by atoms with Crippen LogP contribution in [-0.4, -0.2) is 35.7 Å². The minimum absolute atomic E-state index is 0.0192. The van der Waals surface area contributed by atoms with Gasteiger partial charge in [0.25, 0.3) is 5.91 Å². The molecule has 0 aliphatic carbocycles. The van der Waals surface area contributed by atoms with E-state index in [4.69, 9.17) is 19.6 Å². The minimum Gasteiger partial charge on any atom is -0.494 e. The molecule has 0 unspecified atom stereocenters. The Balaban J connectivity index is 1.48. The Labute approximate surface area is 249 Å². The van der Waals surface area contributed by atoms with E-state index in [1.165, 1.54) is 0 Å². The molecule has 0 fully saturated rings. The topological polar surface area (TPSA) is 80.2 Å². The van der Waals surface area contributed by atoms with E-state index in [2.05, 4.69) is 11.9 Å². The standard InChI is InChI=1S/C35H32F2N2O4/c1-2-19-35(34(41)38-23-28-22-29(36)15-18-31(28)37)32(26-11-9-25(10-12-26)24-7-4-3-5-8-24)43-33(39-35)27-13-16-30(17-14-27)42-21-6-20-40/h2-5,7-18,22,32,40H,1,6,19-21,23H2,(H,38,41)/t32-,35-/m1/s1. The number of aliphatic hydroxyl groups excluding tert-OH is 1. The van der Waals surface area contributed by atoms with Crippen molar-refractivity contribution in [3.63, 3.8) is 0 Å². The number of hydrogen-bond donors (Lipinski definition) is 2. The van der Waals surface area contributed by atoms with Gasteiger partial charge in [-0.25, -0.2) is 13.8 Å². The predicted octanol–water partition coefficient (Wildman–Crippen LogP) is 6.54. The second-order valence-electron chi connectivity index (χ2n) is 10.2. The number of aliphatic imine (C=N–C) groups is 1. The Kier molecular flexibility index (Phi) is 9.27. The Morgan fingerprint density at radius 1 is 0.977 bits per heavy atom. The number of rotatable bonds is 12. The average Bonchev–Trinajstić information content (AvgIpc) is 3.43. The first-order valence-corrected chi connectivity index (χ1v) is 14.0. The lowest BCUT2D eigenvalue weighted by molar-refractivity contribution is -0.129. The molecular weight excluding hydrogens is 550 g/mol. The third-order valence-electron chi connectivity index (χ3n) is 7.25. The van der Waals surface area contributed by atoms with E-state index in [0.717, 1.165) is 34.9 Å². The second-order valence-corrected chi connectivity index (χ2v) is 10.2. The van der Waals surface area contributed by atoms with Crippen LogP contribution >= 0.6 is 0 Å². The van der Waals surface area contributed by atoms with Gasteiger partial charge in [0.05, 0.1) is 6.61 Å². The van der Waals surface area contributed by atoms with Gasteiger partial charge in [0.1, 0.15) is 17.4 Å². The van der Waals surface area contributed by atoms with Crippen LogP contribution in [0.2, 0.25) is 0 Å². The van der Waals surface area contributed by atoms with Gasteiger partial charge in [-0.05, 0) is 59.2 Å². The largest absolute Gasteiger partial charge is 0.494 e. The summed E-state index contributed by atoms with van der Waals surface area (Å²) in [4.78, 5) is 18.8. The van der Waals surface area contributed by atoms with Gasteiger partial charge < -0.3 is 19.9 Å². The van der Waals surface area contributed by atoms with Crippen molar-refractivity contribution in [2.45, 2.75) is 31.0 Å². The first-order chi connectivity index (χ1) is 20.9. The van der Waals surface area contributed by atoms with Crippen LogP contribution in [0, 0.1) is 11.6 Å². The lowest BCUT2D eigenvalue weighted by Crippen LogP contribution is -2.47. The van der Waals surface area contributed by atoms with Gasteiger partial charge in [0.2, 0.25) is 5.90 Å². The zero-order valence-electron chi connectivity index (χ0n) is 23.5. The summed E-state index contributed by atoms with van der Waals surface area (Å²) in [6.45, 7) is 4.06. The van der Waals surface area contributed by atoms with Crippen molar-refractivity contribution < 1.29 is 28.2 Å². The number of nitrogens with zero attached hydrogens (tertiary/aromatic N) is 1. The van der Waals surface area contributed by atoms with Crippen LogP contribution in [0.5, 0.6) is 5.75 Å². The Bertz CT molecular complexity index is 1590. The molecular formula is C35H32F2N2O4. The van der Waals surface area contributed by atoms with Crippen LogP contribution in [0.3, 0.4) is 0 Å². The summed E-state index contributed by atoms with van der Waals surface area (Å²) in [5, 5.41) is 11.8. The van der Waals surface area contributed by atoms with Gasteiger partial charge in [-0.1, -0.05) is 60.7 Å². The molecule has 0 saturated carbocycles. The SMILES string of the molecule is C=CC[C@@]1(C(=O)NCc2cc(F)ccc2F)N=C(c2ccc(OCCCO)cc2)O[C@@H]1c1ccc(-c2ccccc2)cc1. The molecule has 0 spiro atoms. The average molecular weight is 583 g/mol. The van der Waals surface area contributed by atoms with Gasteiger partial charge >= 0.3 is 0 Å². The highest BCUT2D eigenvalue weighted by Crippen LogP contribution is 2.43. The first kappa shape index (κ1) is 29.7. The maximum Gasteiger partial charge on any atom is 0.252 e. The highest BCUT2D eigenvalue weighted by atomic mass is 19.1. The highest BCUT2D eigenvalue weighted by Gasteiger charge is 2.52. The monoisotopic (exact) mass is 582 g/mol. The molecule has 0 bridgehead atoms. The molecule has 0 aromatic heterocycles. The number of amides is 1. The first-order valence-electron chi connectivity index (χ1n) is 14.0. The molecule has 1 amide bonds. The summed E-state index contributed by atoms with van der Waals surface area (Å²) in [5.74, 6) is -0.854. The number of carbonyl (C=O) groups excluding carboxylic acids is 1. The number of carbonyl (C=O) groups is 1. The predicted molar refractivity (Wildman–Crippen MR) is 162 cm³/mol. The van der Waals surface area contributed by atoms with E-state index in [1.807, 2.05) is 54.6 Å². The van der Waals surface area contributed by atoms with E-state index >= 15 is 0 Å². The van der Waals surface area contributed by atoms with Crippen molar-refractivity contribution in [2.24, 2.45) is 4.99 Å². The Hall–Kier alpha value is -4.82. The Morgan fingerprint density at radius 3 is 2.37 bits per heavy atom. The lowest BCUT2D eigenvalue weighted by atomic mass is 9.84. The maximum absolute atomic E-state index is 14.4. The summed E-state index contributed by atoms with van der Waals surface area (Å²) in [5.41, 5.74) is 1.95. The van der Waals surface area contributed by atoms with Gasteiger partial charge in [0, 0.05) is 37.1 Å². The lowest BCUT2D eigenvalue weighted by Gasteiger charge is -2.30. The van der Waals surface area contributed by atoms with Crippen LogP contribution in [0.15, 0.2) is 115 Å². The van der Waals surface area contributed by atoms with E-state index in [9.17, 15) is 13.6 Å². The molecule has 1 aliphatic heterocycles.